The van der Waals surface area contributed by atoms with Crippen molar-refractivity contribution in [2.24, 2.45) is 5.92 Å². The molecule has 6 heteroatoms. The van der Waals surface area contributed by atoms with Crippen LogP contribution in [-0.4, -0.2) is 37.3 Å². The summed E-state index contributed by atoms with van der Waals surface area (Å²) in [5, 5.41) is 3.40. The minimum atomic E-state index is -4.09. The van der Waals surface area contributed by atoms with Gasteiger partial charge in [-0.2, -0.15) is 13.2 Å². The maximum atomic E-state index is 12.3. The van der Waals surface area contributed by atoms with Crippen LogP contribution in [-0.2, 0) is 0 Å². The summed E-state index contributed by atoms with van der Waals surface area (Å²) in [4.78, 5) is 1.49. The van der Waals surface area contributed by atoms with Crippen molar-refractivity contribution < 1.29 is 17.6 Å². The van der Waals surface area contributed by atoms with Crippen molar-refractivity contribution in [2.75, 3.05) is 26.2 Å². The lowest BCUT2D eigenvalue weighted by Crippen LogP contribution is -2.34. The van der Waals surface area contributed by atoms with Gasteiger partial charge in [0.15, 0.2) is 0 Å². The summed E-state index contributed by atoms with van der Waals surface area (Å²) >= 11 is 0. The fourth-order valence-corrected chi connectivity index (χ4v) is 2.72. The van der Waals surface area contributed by atoms with E-state index in [1.807, 2.05) is 12.1 Å². The Morgan fingerprint density at radius 1 is 1.50 bits per heavy atom. The Balaban J connectivity index is 1.75. The normalized spacial score (nSPS) is 22.3. The first-order valence-electron chi connectivity index (χ1n) is 7.04. The molecule has 0 amide bonds. The van der Waals surface area contributed by atoms with Crippen LogP contribution < -0.4 is 5.32 Å². The van der Waals surface area contributed by atoms with Crippen molar-refractivity contribution >= 4 is 0 Å². The van der Waals surface area contributed by atoms with E-state index in [0.717, 1.165) is 25.1 Å². The third kappa shape index (κ3) is 4.52. The molecule has 20 heavy (non-hydrogen) atoms. The molecular formula is C14H21F3N2O. The predicted molar refractivity (Wildman–Crippen MR) is 70.3 cm³/mol. The molecule has 0 spiro atoms. The molecular weight excluding hydrogens is 269 g/mol. The molecule has 1 aliphatic rings. The van der Waals surface area contributed by atoms with E-state index in [0.29, 0.717) is 13.1 Å². The summed E-state index contributed by atoms with van der Waals surface area (Å²) < 4.78 is 42.3. The lowest BCUT2D eigenvalue weighted by atomic mass is 10.1. The molecule has 0 aromatic carbocycles. The van der Waals surface area contributed by atoms with Crippen LogP contribution >= 0.6 is 0 Å². The number of nitrogens with one attached hydrogen (secondary N) is 1. The number of halogens is 3. The zero-order valence-corrected chi connectivity index (χ0v) is 11.6. The fraction of sp³-hybridized carbons (Fsp3) is 0.714. The Hall–Kier alpha value is -1.01. The molecule has 1 aromatic heterocycles. The van der Waals surface area contributed by atoms with Gasteiger partial charge in [0.1, 0.15) is 5.76 Å². The first-order chi connectivity index (χ1) is 9.48. The molecule has 2 heterocycles. The average molecular weight is 290 g/mol. The molecule has 1 aliphatic heterocycles. The van der Waals surface area contributed by atoms with Gasteiger partial charge in [0.25, 0.3) is 0 Å². The van der Waals surface area contributed by atoms with E-state index in [1.54, 1.807) is 6.26 Å². The molecule has 1 saturated heterocycles. The fourth-order valence-electron chi connectivity index (χ4n) is 2.72. The number of hydrogen-bond donors (Lipinski definition) is 1. The SMILES string of the molecule is CCC(NCC1CCN(CC(F)(F)F)C1)c1ccco1. The zero-order chi connectivity index (χ0) is 14.6. The summed E-state index contributed by atoms with van der Waals surface area (Å²) in [6, 6.07) is 3.91. The third-order valence-electron chi connectivity index (χ3n) is 3.72. The highest BCUT2D eigenvalue weighted by Crippen LogP contribution is 2.23. The van der Waals surface area contributed by atoms with Gasteiger partial charge in [-0.1, -0.05) is 6.92 Å². The van der Waals surface area contributed by atoms with Gasteiger partial charge in [0.05, 0.1) is 18.8 Å². The van der Waals surface area contributed by atoms with Gasteiger partial charge in [-0.05, 0) is 44.0 Å². The third-order valence-corrected chi connectivity index (χ3v) is 3.72. The van der Waals surface area contributed by atoms with Gasteiger partial charge in [-0.25, -0.2) is 0 Å². The van der Waals surface area contributed by atoms with E-state index in [-0.39, 0.29) is 12.0 Å². The largest absolute Gasteiger partial charge is 0.468 e. The van der Waals surface area contributed by atoms with Crippen LogP contribution in [0.1, 0.15) is 31.6 Å². The van der Waals surface area contributed by atoms with Crippen LogP contribution in [0.4, 0.5) is 13.2 Å². The van der Waals surface area contributed by atoms with Crippen LogP contribution in [0.25, 0.3) is 0 Å². The summed E-state index contributed by atoms with van der Waals surface area (Å²) in [7, 11) is 0. The summed E-state index contributed by atoms with van der Waals surface area (Å²) in [5.74, 6) is 1.17. The minimum absolute atomic E-state index is 0.140. The first-order valence-corrected chi connectivity index (χ1v) is 7.04. The van der Waals surface area contributed by atoms with E-state index in [4.69, 9.17) is 4.42 Å². The van der Waals surface area contributed by atoms with E-state index in [2.05, 4.69) is 12.2 Å². The molecule has 1 fully saturated rings. The molecule has 3 nitrogen and oxygen atoms in total. The Morgan fingerprint density at radius 3 is 2.90 bits per heavy atom. The van der Waals surface area contributed by atoms with Crippen molar-refractivity contribution in [3.8, 4) is 0 Å². The molecule has 0 aliphatic carbocycles. The number of likely N-dealkylation sites (tertiary alicyclic amines) is 1. The summed E-state index contributed by atoms with van der Waals surface area (Å²) in [5.41, 5.74) is 0. The van der Waals surface area contributed by atoms with Crippen LogP contribution in [0, 0.1) is 5.92 Å². The molecule has 0 radical (unpaired) electrons. The lowest BCUT2D eigenvalue weighted by molar-refractivity contribution is -0.143. The smallest absolute Gasteiger partial charge is 0.401 e. The molecule has 114 valence electrons. The van der Waals surface area contributed by atoms with Crippen LogP contribution in [0.15, 0.2) is 22.8 Å². The van der Waals surface area contributed by atoms with E-state index in [9.17, 15) is 13.2 Å². The predicted octanol–water partition coefficient (Wildman–Crippen LogP) is 3.20. The van der Waals surface area contributed by atoms with E-state index in [1.165, 1.54) is 4.90 Å². The number of rotatable bonds is 6. The van der Waals surface area contributed by atoms with Gasteiger partial charge in [0, 0.05) is 6.54 Å². The molecule has 0 saturated carbocycles. The Kier molecular flexibility index (Phi) is 5.10. The van der Waals surface area contributed by atoms with Gasteiger partial charge in [-0.15, -0.1) is 0 Å². The Morgan fingerprint density at radius 2 is 2.30 bits per heavy atom. The quantitative estimate of drug-likeness (QED) is 0.872. The monoisotopic (exact) mass is 290 g/mol. The van der Waals surface area contributed by atoms with Crippen molar-refractivity contribution in [1.82, 2.24) is 10.2 Å². The van der Waals surface area contributed by atoms with Crippen molar-refractivity contribution in [3.63, 3.8) is 0 Å². The van der Waals surface area contributed by atoms with Gasteiger partial charge in [-0.3, -0.25) is 4.90 Å². The number of hydrogen-bond acceptors (Lipinski definition) is 3. The van der Waals surface area contributed by atoms with Crippen molar-refractivity contribution in [1.29, 1.82) is 0 Å². The number of nitrogens with zero attached hydrogens (tertiary/aromatic N) is 1. The molecule has 1 N–H and O–H groups in total. The molecule has 2 unspecified atom stereocenters. The van der Waals surface area contributed by atoms with Gasteiger partial charge >= 0.3 is 6.18 Å². The number of furan rings is 1. The highest BCUT2D eigenvalue weighted by Gasteiger charge is 2.34. The lowest BCUT2D eigenvalue weighted by Gasteiger charge is -2.20. The molecule has 1 aromatic rings. The molecule has 2 rings (SSSR count). The highest BCUT2D eigenvalue weighted by atomic mass is 19.4. The summed E-state index contributed by atoms with van der Waals surface area (Å²) in [6.07, 6.45) is -0.743. The zero-order valence-electron chi connectivity index (χ0n) is 11.6. The van der Waals surface area contributed by atoms with Crippen molar-refractivity contribution in [2.45, 2.75) is 32.0 Å². The Labute approximate surface area is 117 Å². The summed E-state index contributed by atoms with van der Waals surface area (Å²) in [6.45, 7) is 3.04. The van der Waals surface area contributed by atoms with Crippen LogP contribution in [0.5, 0.6) is 0 Å². The van der Waals surface area contributed by atoms with E-state index < -0.39 is 12.7 Å². The maximum absolute atomic E-state index is 12.3. The van der Waals surface area contributed by atoms with E-state index >= 15 is 0 Å². The number of alkyl halides is 3. The van der Waals surface area contributed by atoms with Gasteiger partial charge in [0.2, 0.25) is 0 Å². The second kappa shape index (κ2) is 6.63. The highest BCUT2D eigenvalue weighted by molar-refractivity contribution is 5.04. The second-order valence-electron chi connectivity index (χ2n) is 5.39. The molecule has 2 atom stereocenters. The van der Waals surface area contributed by atoms with Crippen molar-refractivity contribution in [3.05, 3.63) is 24.2 Å². The second-order valence-corrected chi connectivity index (χ2v) is 5.39. The van der Waals surface area contributed by atoms with Crippen LogP contribution in [0.3, 0.4) is 0 Å². The Bertz CT molecular complexity index is 392. The van der Waals surface area contributed by atoms with Gasteiger partial charge < -0.3 is 9.73 Å². The van der Waals surface area contributed by atoms with Crippen LogP contribution in [0.2, 0.25) is 0 Å². The minimum Gasteiger partial charge on any atom is -0.468 e. The topological polar surface area (TPSA) is 28.4 Å². The molecule has 0 bridgehead atoms. The average Bonchev–Trinajstić information content (AvgIpc) is 3.00. The maximum Gasteiger partial charge on any atom is 0.401 e. The standard InChI is InChI=1S/C14H21F3N2O/c1-2-12(13-4-3-7-20-13)18-8-11-5-6-19(9-11)10-14(15,16)17/h3-4,7,11-12,18H,2,5-6,8-10H2,1H3. The first kappa shape index (κ1) is 15.4.